The first-order chi connectivity index (χ1) is 10.5. The van der Waals surface area contributed by atoms with E-state index in [1.807, 2.05) is 24.3 Å². The van der Waals surface area contributed by atoms with Gasteiger partial charge in [-0.3, -0.25) is 4.79 Å². The summed E-state index contributed by atoms with van der Waals surface area (Å²) in [4.78, 5) is 24.6. The van der Waals surface area contributed by atoms with Gasteiger partial charge in [0.2, 0.25) is 5.78 Å². The molecule has 0 aliphatic heterocycles. The fourth-order valence-electron chi connectivity index (χ4n) is 2.20. The van der Waals surface area contributed by atoms with E-state index in [1.165, 1.54) is 23.5 Å². The van der Waals surface area contributed by atoms with Crippen LogP contribution in [0.1, 0.15) is 25.6 Å². The Bertz CT molecular complexity index is 882. The number of benzene rings is 2. The fraction of sp³-hybridized carbons (Fsp3) is 0. The monoisotopic (exact) mass is 350 g/mol. The number of thiophene rings is 1. The second-order valence-corrected chi connectivity index (χ2v) is 6.46. The molecule has 0 saturated heterocycles. The highest BCUT2D eigenvalue weighted by Crippen LogP contribution is 2.33. The molecule has 110 valence electrons. The molecular weight excluding hydrogens is 343 g/mol. The number of fused-ring (bicyclic) bond motifs is 1. The van der Waals surface area contributed by atoms with Crippen molar-refractivity contribution in [2.45, 2.75) is 0 Å². The molecule has 0 fully saturated rings. The maximum atomic E-state index is 12.7. The van der Waals surface area contributed by atoms with Crippen molar-refractivity contribution in [3.05, 3.63) is 68.5 Å². The minimum Gasteiger partial charge on any atom is -0.478 e. The van der Waals surface area contributed by atoms with E-state index in [2.05, 4.69) is 0 Å². The van der Waals surface area contributed by atoms with Gasteiger partial charge in [-0.05, 0) is 29.7 Å². The Balaban J connectivity index is 2.20. The number of hydrogen-bond acceptors (Lipinski definition) is 3. The van der Waals surface area contributed by atoms with Gasteiger partial charge in [-0.15, -0.1) is 11.3 Å². The molecule has 0 aliphatic rings. The predicted molar refractivity (Wildman–Crippen MR) is 88.7 cm³/mol. The lowest BCUT2D eigenvalue weighted by Crippen LogP contribution is -2.10. The zero-order chi connectivity index (χ0) is 15.9. The van der Waals surface area contributed by atoms with Crippen molar-refractivity contribution in [3.8, 4) is 0 Å². The summed E-state index contributed by atoms with van der Waals surface area (Å²) in [6.07, 6.45) is 0. The molecule has 1 heterocycles. The SMILES string of the molecule is O=C(O)c1c(Cl)ccc(Cl)c1C(=O)c1cc2ccccc2s1. The van der Waals surface area contributed by atoms with Gasteiger partial charge in [0.25, 0.3) is 0 Å². The molecule has 0 radical (unpaired) electrons. The van der Waals surface area contributed by atoms with Crippen LogP contribution in [0.5, 0.6) is 0 Å². The zero-order valence-corrected chi connectivity index (χ0v) is 13.3. The van der Waals surface area contributed by atoms with E-state index in [4.69, 9.17) is 23.2 Å². The number of rotatable bonds is 3. The summed E-state index contributed by atoms with van der Waals surface area (Å²) in [5.41, 5.74) is -0.343. The van der Waals surface area contributed by atoms with E-state index >= 15 is 0 Å². The van der Waals surface area contributed by atoms with E-state index in [-0.39, 0.29) is 21.2 Å². The Morgan fingerprint density at radius 1 is 0.955 bits per heavy atom. The largest absolute Gasteiger partial charge is 0.478 e. The van der Waals surface area contributed by atoms with Crippen LogP contribution in [0.2, 0.25) is 10.0 Å². The number of aromatic carboxylic acids is 1. The van der Waals surface area contributed by atoms with Crippen molar-refractivity contribution in [3.63, 3.8) is 0 Å². The molecule has 0 amide bonds. The molecule has 0 spiro atoms. The Kier molecular flexibility index (Phi) is 3.91. The smallest absolute Gasteiger partial charge is 0.338 e. The van der Waals surface area contributed by atoms with Crippen LogP contribution in [0.15, 0.2) is 42.5 Å². The molecule has 3 aromatic rings. The third kappa shape index (κ3) is 2.50. The van der Waals surface area contributed by atoms with Crippen LogP contribution in [0.3, 0.4) is 0 Å². The highest BCUT2D eigenvalue weighted by Gasteiger charge is 2.25. The van der Waals surface area contributed by atoms with Gasteiger partial charge in [-0.25, -0.2) is 4.79 Å². The molecule has 6 heteroatoms. The number of ketones is 1. The third-order valence-corrected chi connectivity index (χ3v) is 4.94. The first kappa shape index (κ1) is 15.0. The lowest BCUT2D eigenvalue weighted by atomic mass is 10.0. The van der Waals surface area contributed by atoms with Gasteiger partial charge >= 0.3 is 5.97 Å². The first-order valence-corrected chi connectivity index (χ1v) is 7.81. The number of carbonyl (C=O) groups excluding carboxylic acids is 1. The summed E-state index contributed by atoms with van der Waals surface area (Å²) in [7, 11) is 0. The van der Waals surface area contributed by atoms with Gasteiger partial charge in [0.1, 0.15) is 0 Å². The van der Waals surface area contributed by atoms with E-state index in [0.29, 0.717) is 4.88 Å². The number of carbonyl (C=O) groups is 2. The van der Waals surface area contributed by atoms with Gasteiger partial charge in [-0.1, -0.05) is 41.4 Å². The minimum absolute atomic E-state index is 0.0126. The number of hydrogen-bond donors (Lipinski definition) is 1. The molecule has 0 saturated carbocycles. The predicted octanol–water partition coefficient (Wildman–Crippen LogP) is 5.14. The Morgan fingerprint density at radius 2 is 1.59 bits per heavy atom. The van der Waals surface area contributed by atoms with Crippen LogP contribution in [0.25, 0.3) is 10.1 Å². The molecule has 3 rings (SSSR count). The van der Waals surface area contributed by atoms with Gasteiger partial charge in [0.15, 0.2) is 0 Å². The van der Waals surface area contributed by atoms with Crippen molar-refractivity contribution >= 4 is 56.4 Å². The number of halogens is 2. The Labute approximate surface area is 139 Å². The second kappa shape index (κ2) is 5.72. The van der Waals surface area contributed by atoms with Crippen molar-refractivity contribution < 1.29 is 14.7 Å². The standard InChI is InChI=1S/C16H8Cl2O3S/c17-9-5-6-10(18)14(16(20)21)13(9)15(19)12-7-8-3-1-2-4-11(8)22-12/h1-7H,(H,20,21). The molecule has 1 aromatic heterocycles. The van der Waals surface area contributed by atoms with Crippen molar-refractivity contribution in [2.24, 2.45) is 0 Å². The molecule has 0 unspecified atom stereocenters. The van der Waals surface area contributed by atoms with Gasteiger partial charge in [0, 0.05) is 4.70 Å². The topological polar surface area (TPSA) is 54.4 Å². The van der Waals surface area contributed by atoms with E-state index in [1.54, 1.807) is 6.07 Å². The third-order valence-electron chi connectivity index (χ3n) is 3.19. The quantitative estimate of drug-likeness (QED) is 0.665. The molecule has 1 N–H and O–H groups in total. The van der Waals surface area contributed by atoms with Crippen LogP contribution < -0.4 is 0 Å². The minimum atomic E-state index is -1.28. The lowest BCUT2D eigenvalue weighted by Gasteiger charge is -2.08. The highest BCUT2D eigenvalue weighted by atomic mass is 35.5. The van der Waals surface area contributed by atoms with E-state index < -0.39 is 11.8 Å². The van der Waals surface area contributed by atoms with Gasteiger partial charge in [0.05, 0.1) is 26.0 Å². The number of carboxylic acids is 1. The van der Waals surface area contributed by atoms with Gasteiger partial charge < -0.3 is 5.11 Å². The van der Waals surface area contributed by atoms with Crippen LogP contribution >= 0.6 is 34.5 Å². The van der Waals surface area contributed by atoms with Crippen LogP contribution in [-0.4, -0.2) is 16.9 Å². The first-order valence-electron chi connectivity index (χ1n) is 6.23. The normalized spacial score (nSPS) is 10.8. The van der Waals surface area contributed by atoms with Crippen LogP contribution in [0.4, 0.5) is 0 Å². The highest BCUT2D eigenvalue weighted by molar-refractivity contribution is 7.21. The summed E-state index contributed by atoms with van der Waals surface area (Å²) in [6, 6.07) is 12.1. The fourth-order valence-corrected chi connectivity index (χ4v) is 3.69. The maximum Gasteiger partial charge on any atom is 0.338 e. The van der Waals surface area contributed by atoms with Crippen molar-refractivity contribution in [1.82, 2.24) is 0 Å². The van der Waals surface area contributed by atoms with Crippen LogP contribution in [0, 0.1) is 0 Å². The maximum absolute atomic E-state index is 12.7. The van der Waals surface area contributed by atoms with Crippen molar-refractivity contribution in [1.29, 1.82) is 0 Å². The summed E-state index contributed by atoms with van der Waals surface area (Å²) in [5, 5.41) is 10.3. The number of carboxylic acid groups (broad SMARTS) is 1. The molecule has 0 atom stereocenters. The molecular formula is C16H8Cl2O3S. The molecule has 3 nitrogen and oxygen atoms in total. The molecule has 2 aromatic carbocycles. The second-order valence-electron chi connectivity index (χ2n) is 4.56. The molecule has 0 aliphatic carbocycles. The molecule has 0 bridgehead atoms. The summed E-state index contributed by atoms with van der Waals surface area (Å²) in [6.45, 7) is 0. The van der Waals surface area contributed by atoms with Crippen LogP contribution in [-0.2, 0) is 0 Å². The lowest BCUT2D eigenvalue weighted by molar-refractivity contribution is 0.0693. The average molecular weight is 351 g/mol. The average Bonchev–Trinajstić information content (AvgIpc) is 2.92. The zero-order valence-electron chi connectivity index (χ0n) is 11.0. The summed E-state index contributed by atoms with van der Waals surface area (Å²) < 4.78 is 0.945. The summed E-state index contributed by atoms with van der Waals surface area (Å²) in [5.74, 6) is -1.72. The van der Waals surface area contributed by atoms with Gasteiger partial charge in [-0.2, -0.15) is 0 Å². The van der Waals surface area contributed by atoms with Crippen molar-refractivity contribution in [2.75, 3.05) is 0 Å². The summed E-state index contributed by atoms with van der Waals surface area (Å²) >= 11 is 13.3. The Hall–Kier alpha value is -1.88. The molecule has 22 heavy (non-hydrogen) atoms. The Morgan fingerprint density at radius 3 is 2.23 bits per heavy atom. The van der Waals surface area contributed by atoms with E-state index in [9.17, 15) is 14.7 Å². The van der Waals surface area contributed by atoms with E-state index in [0.717, 1.165) is 10.1 Å².